The number of thioether (sulfide) groups is 1. The van der Waals surface area contributed by atoms with Crippen LogP contribution in [0.25, 0.3) is 11.1 Å². The average molecular weight is 478 g/mol. The summed E-state index contributed by atoms with van der Waals surface area (Å²) in [5.74, 6) is -0.502. The number of thiophene rings is 1. The first-order chi connectivity index (χ1) is 16.0. The maximum absolute atomic E-state index is 13.5. The summed E-state index contributed by atoms with van der Waals surface area (Å²) in [6, 6.07) is 16.6. The van der Waals surface area contributed by atoms with E-state index in [1.807, 2.05) is 42.0 Å². The van der Waals surface area contributed by atoms with Gasteiger partial charge in [-0.3, -0.25) is 14.4 Å². The minimum atomic E-state index is -0.614. The summed E-state index contributed by atoms with van der Waals surface area (Å²) < 4.78 is 0. The fourth-order valence-corrected chi connectivity index (χ4v) is 5.45. The van der Waals surface area contributed by atoms with E-state index < -0.39 is 6.04 Å². The van der Waals surface area contributed by atoms with Crippen molar-refractivity contribution >= 4 is 46.5 Å². The lowest BCUT2D eigenvalue weighted by molar-refractivity contribution is -0.121. The van der Waals surface area contributed by atoms with E-state index in [0.717, 1.165) is 11.1 Å². The molecule has 168 valence electrons. The number of carbonyl (C=O) groups is 3. The second-order valence-corrected chi connectivity index (χ2v) is 9.99. The topological polar surface area (TPSA) is 78.5 Å². The van der Waals surface area contributed by atoms with Crippen molar-refractivity contribution in [2.75, 3.05) is 18.1 Å². The van der Waals surface area contributed by atoms with Crippen LogP contribution in [0.15, 0.2) is 64.9 Å². The molecule has 0 aliphatic carbocycles. The lowest BCUT2D eigenvalue weighted by Gasteiger charge is -2.37. The van der Waals surface area contributed by atoms with Gasteiger partial charge in [0.25, 0.3) is 11.8 Å². The third-order valence-corrected chi connectivity index (χ3v) is 7.79. The van der Waals surface area contributed by atoms with Crippen molar-refractivity contribution in [2.45, 2.75) is 29.8 Å². The van der Waals surface area contributed by atoms with Gasteiger partial charge in [0.05, 0.1) is 16.1 Å². The largest absolute Gasteiger partial charge is 0.348 e. The zero-order valence-corrected chi connectivity index (χ0v) is 19.7. The van der Waals surface area contributed by atoms with Crippen LogP contribution in [0.4, 0.5) is 5.69 Å². The molecule has 2 atom stereocenters. The number of nitrogens with zero attached hydrogens (tertiary/aromatic N) is 1. The summed E-state index contributed by atoms with van der Waals surface area (Å²) >= 11 is 3.06. The van der Waals surface area contributed by atoms with Crippen molar-refractivity contribution in [3.63, 3.8) is 0 Å². The molecule has 2 aliphatic rings. The van der Waals surface area contributed by atoms with Gasteiger partial charge in [0.15, 0.2) is 0 Å². The summed E-state index contributed by atoms with van der Waals surface area (Å²) in [5.41, 5.74) is 2.98. The van der Waals surface area contributed by atoms with Gasteiger partial charge in [-0.15, -0.1) is 23.1 Å². The molecule has 3 heterocycles. The van der Waals surface area contributed by atoms with E-state index in [-0.39, 0.29) is 23.8 Å². The molecule has 1 saturated heterocycles. The maximum Gasteiger partial charge on any atom is 0.261 e. The Kier molecular flexibility index (Phi) is 5.95. The average Bonchev–Trinajstić information content (AvgIpc) is 3.36. The SMILES string of the molecule is CSc1ccc(-c2ccc3c(c2)C(=O)N2CC[C@H](NC(=O)c4cccs4)C[C@H]2C(=O)N3)cc1. The van der Waals surface area contributed by atoms with Crippen LogP contribution >= 0.6 is 23.1 Å². The Balaban J connectivity index is 1.37. The molecule has 1 aromatic heterocycles. The molecule has 0 spiro atoms. The van der Waals surface area contributed by atoms with Crippen LogP contribution in [0.2, 0.25) is 0 Å². The zero-order chi connectivity index (χ0) is 22.9. The van der Waals surface area contributed by atoms with Gasteiger partial charge in [-0.1, -0.05) is 24.3 Å². The highest BCUT2D eigenvalue weighted by Crippen LogP contribution is 2.32. The summed E-state index contributed by atoms with van der Waals surface area (Å²) in [6.45, 7) is 0.415. The first kappa shape index (κ1) is 21.7. The molecule has 3 aromatic rings. The Morgan fingerprint density at radius 3 is 2.64 bits per heavy atom. The molecule has 3 amide bonds. The van der Waals surface area contributed by atoms with Crippen LogP contribution in [0.3, 0.4) is 0 Å². The van der Waals surface area contributed by atoms with Crippen molar-refractivity contribution < 1.29 is 14.4 Å². The maximum atomic E-state index is 13.5. The summed E-state index contributed by atoms with van der Waals surface area (Å²) in [7, 11) is 0. The normalized spacial score (nSPS) is 19.8. The van der Waals surface area contributed by atoms with Gasteiger partial charge in [0.2, 0.25) is 5.91 Å². The first-order valence-electron chi connectivity index (χ1n) is 10.8. The van der Waals surface area contributed by atoms with E-state index in [1.54, 1.807) is 28.8 Å². The van der Waals surface area contributed by atoms with Gasteiger partial charge >= 0.3 is 0 Å². The van der Waals surface area contributed by atoms with Gasteiger partial charge in [-0.05, 0) is 65.9 Å². The molecular weight excluding hydrogens is 454 g/mol. The number of anilines is 1. The number of amides is 3. The zero-order valence-electron chi connectivity index (χ0n) is 18.0. The highest BCUT2D eigenvalue weighted by molar-refractivity contribution is 7.98. The second kappa shape index (κ2) is 9.03. The predicted molar refractivity (Wildman–Crippen MR) is 132 cm³/mol. The van der Waals surface area contributed by atoms with Crippen LogP contribution in [0.5, 0.6) is 0 Å². The summed E-state index contributed by atoms with van der Waals surface area (Å²) in [4.78, 5) is 42.4. The van der Waals surface area contributed by atoms with E-state index in [1.165, 1.54) is 16.2 Å². The molecule has 6 nitrogen and oxygen atoms in total. The second-order valence-electron chi connectivity index (χ2n) is 8.16. The van der Waals surface area contributed by atoms with E-state index >= 15 is 0 Å². The van der Waals surface area contributed by atoms with Gasteiger partial charge < -0.3 is 15.5 Å². The van der Waals surface area contributed by atoms with Crippen LogP contribution in [-0.4, -0.2) is 47.5 Å². The van der Waals surface area contributed by atoms with E-state index in [9.17, 15) is 14.4 Å². The van der Waals surface area contributed by atoms with Crippen molar-refractivity contribution in [1.82, 2.24) is 10.2 Å². The molecule has 2 aliphatic heterocycles. The third-order valence-electron chi connectivity index (χ3n) is 6.18. The van der Waals surface area contributed by atoms with Gasteiger partial charge in [0, 0.05) is 17.5 Å². The van der Waals surface area contributed by atoms with Crippen LogP contribution in [0.1, 0.15) is 32.9 Å². The fraction of sp³-hybridized carbons (Fsp3) is 0.240. The number of benzene rings is 2. The molecule has 2 N–H and O–H groups in total. The summed E-state index contributed by atoms with van der Waals surface area (Å²) in [6.07, 6.45) is 3.04. The Hall–Kier alpha value is -3.10. The van der Waals surface area contributed by atoms with Crippen molar-refractivity contribution in [1.29, 1.82) is 0 Å². The highest BCUT2D eigenvalue weighted by Gasteiger charge is 2.40. The van der Waals surface area contributed by atoms with Crippen LogP contribution in [-0.2, 0) is 4.79 Å². The van der Waals surface area contributed by atoms with Crippen molar-refractivity contribution in [3.05, 3.63) is 70.4 Å². The van der Waals surface area contributed by atoms with E-state index in [0.29, 0.717) is 35.5 Å². The summed E-state index contributed by atoms with van der Waals surface area (Å²) in [5, 5.41) is 7.82. The molecule has 0 unspecified atom stereocenters. The highest BCUT2D eigenvalue weighted by atomic mass is 32.2. The van der Waals surface area contributed by atoms with Gasteiger partial charge in [-0.2, -0.15) is 0 Å². The molecule has 33 heavy (non-hydrogen) atoms. The van der Waals surface area contributed by atoms with Crippen molar-refractivity contribution in [2.24, 2.45) is 0 Å². The lowest BCUT2D eigenvalue weighted by atomic mass is 9.95. The number of hydrogen-bond acceptors (Lipinski definition) is 5. The van der Waals surface area contributed by atoms with Gasteiger partial charge in [0.1, 0.15) is 6.04 Å². The first-order valence-corrected chi connectivity index (χ1v) is 12.9. The molecule has 0 saturated carbocycles. The lowest BCUT2D eigenvalue weighted by Crippen LogP contribution is -2.54. The predicted octanol–water partition coefficient (Wildman–Crippen LogP) is 4.49. The number of piperidine rings is 1. The fourth-order valence-electron chi connectivity index (χ4n) is 4.42. The number of carbonyl (C=O) groups excluding carboxylic acids is 3. The molecule has 8 heteroatoms. The molecule has 0 radical (unpaired) electrons. The smallest absolute Gasteiger partial charge is 0.261 e. The molecule has 5 rings (SSSR count). The number of rotatable bonds is 4. The Bertz CT molecular complexity index is 1210. The molecule has 1 fully saturated rings. The minimum Gasteiger partial charge on any atom is -0.348 e. The molecule has 2 aromatic carbocycles. The van der Waals surface area contributed by atoms with E-state index in [4.69, 9.17) is 0 Å². The Morgan fingerprint density at radius 1 is 1.12 bits per heavy atom. The van der Waals surface area contributed by atoms with E-state index in [2.05, 4.69) is 22.8 Å². The third kappa shape index (κ3) is 4.28. The standard InChI is InChI=1S/C25H23N3O3S2/c1-32-18-7-4-15(5-8-18)16-6-9-20-19(13-16)25(31)28-11-10-17(14-21(28)23(29)27-20)26-24(30)22-3-2-12-33-22/h2-9,12-13,17,21H,10-11,14H2,1H3,(H,26,30)(H,27,29)/t17-,21-/m0/s1. The molecular formula is C25H23N3O3S2. The molecule has 0 bridgehead atoms. The minimum absolute atomic E-state index is 0.135. The monoisotopic (exact) mass is 477 g/mol. The van der Waals surface area contributed by atoms with Crippen LogP contribution < -0.4 is 10.6 Å². The number of hydrogen-bond donors (Lipinski definition) is 2. The van der Waals surface area contributed by atoms with Crippen molar-refractivity contribution in [3.8, 4) is 11.1 Å². The number of nitrogens with one attached hydrogen (secondary N) is 2. The Labute approximate surface area is 200 Å². The number of fused-ring (bicyclic) bond motifs is 2. The van der Waals surface area contributed by atoms with Crippen LogP contribution in [0, 0.1) is 0 Å². The Morgan fingerprint density at radius 2 is 1.91 bits per heavy atom. The van der Waals surface area contributed by atoms with Gasteiger partial charge in [-0.25, -0.2) is 0 Å². The quantitative estimate of drug-likeness (QED) is 0.543.